The fraction of sp³-hybridized carbons (Fsp3) is 0.478. The van der Waals surface area contributed by atoms with Crippen molar-refractivity contribution in [3.8, 4) is 17.2 Å². The van der Waals surface area contributed by atoms with Gasteiger partial charge < -0.3 is 14.2 Å². The molecule has 0 fully saturated rings. The van der Waals surface area contributed by atoms with Crippen LogP contribution < -0.4 is 14.2 Å². The number of benzene rings is 3. The third kappa shape index (κ3) is 19.2. The third-order valence-corrected chi connectivity index (χ3v) is 8.99. The van der Waals surface area contributed by atoms with E-state index in [4.69, 9.17) is 14.2 Å². The van der Waals surface area contributed by atoms with Crippen molar-refractivity contribution < 1.29 is 23.8 Å². The Bertz CT molecular complexity index is 1400. The first-order valence-corrected chi connectivity index (χ1v) is 19.8. The van der Waals surface area contributed by atoms with Crippen LogP contribution in [-0.2, 0) is 4.79 Å². The van der Waals surface area contributed by atoms with Gasteiger partial charge in [-0.15, -0.1) is 0 Å². The average Bonchev–Trinajstić information content (AvgIpc) is 3.15. The van der Waals surface area contributed by atoms with E-state index in [1.54, 1.807) is 42.5 Å². The van der Waals surface area contributed by atoms with Gasteiger partial charge in [0.05, 0.1) is 13.2 Å². The fourth-order valence-electron chi connectivity index (χ4n) is 5.83. The first-order valence-electron chi connectivity index (χ1n) is 19.8. The number of esters is 1. The molecule has 3 aromatic rings. The van der Waals surface area contributed by atoms with Crippen molar-refractivity contribution in [3.05, 3.63) is 102 Å². The molecule has 0 amide bonds. The number of carbonyl (C=O) groups excluding carboxylic acids is 2. The third-order valence-electron chi connectivity index (χ3n) is 8.99. The molecule has 0 aliphatic rings. The van der Waals surface area contributed by atoms with Crippen LogP contribution in [0.3, 0.4) is 0 Å². The van der Waals surface area contributed by atoms with Gasteiger partial charge in [-0.2, -0.15) is 0 Å². The summed E-state index contributed by atoms with van der Waals surface area (Å²) in [6.07, 6.45) is 29.7. The zero-order chi connectivity index (χ0) is 36.2. The van der Waals surface area contributed by atoms with Gasteiger partial charge in [-0.3, -0.25) is 4.79 Å². The normalized spacial score (nSPS) is 11.3. The van der Waals surface area contributed by atoms with E-state index in [0.717, 1.165) is 48.7 Å². The molecule has 0 aliphatic heterocycles. The molecule has 0 heterocycles. The van der Waals surface area contributed by atoms with E-state index < -0.39 is 5.97 Å². The standard InChI is InChI=1S/C46H62O5/c1-3-5-7-9-11-13-14-16-18-20-38-50-43-31-23-40(24-32-43)26-36-46(48)51-44-33-27-41(28-34-44)45(47)35-25-39-21-29-42(30-22-39)49-37-19-17-15-12-10-8-6-4-2/h21-36H,3-20,37-38H2,1-2H3/b35-25+,36-26+. The van der Waals surface area contributed by atoms with E-state index in [2.05, 4.69) is 13.8 Å². The number of hydrogen-bond donors (Lipinski definition) is 0. The van der Waals surface area contributed by atoms with Crippen molar-refractivity contribution in [1.29, 1.82) is 0 Å². The summed E-state index contributed by atoms with van der Waals surface area (Å²) in [5, 5.41) is 0. The summed E-state index contributed by atoms with van der Waals surface area (Å²) in [7, 11) is 0. The summed E-state index contributed by atoms with van der Waals surface area (Å²) in [5.74, 6) is 1.45. The minimum atomic E-state index is -0.486. The van der Waals surface area contributed by atoms with E-state index in [1.807, 2.05) is 48.5 Å². The van der Waals surface area contributed by atoms with Gasteiger partial charge in [0.1, 0.15) is 17.2 Å². The molecule has 0 unspecified atom stereocenters. The van der Waals surface area contributed by atoms with Crippen LogP contribution in [0.1, 0.15) is 151 Å². The van der Waals surface area contributed by atoms with Gasteiger partial charge in [0.2, 0.25) is 0 Å². The van der Waals surface area contributed by atoms with Gasteiger partial charge >= 0.3 is 5.97 Å². The highest BCUT2D eigenvalue weighted by molar-refractivity contribution is 6.06. The molecular weight excluding hydrogens is 633 g/mol. The predicted molar refractivity (Wildman–Crippen MR) is 213 cm³/mol. The second-order valence-electron chi connectivity index (χ2n) is 13.5. The number of allylic oxidation sites excluding steroid dienone is 1. The molecule has 3 rings (SSSR count). The van der Waals surface area contributed by atoms with Crippen LogP contribution >= 0.6 is 0 Å². The Morgan fingerprint density at radius 2 is 0.824 bits per heavy atom. The lowest BCUT2D eigenvalue weighted by Gasteiger charge is -2.07. The number of ketones is 1. The lowest BCUT2D eigenvalue weighted by Crippen LogP contribution is -2.04. The molecule has 0 bridgehead atoms. The summed E-state index contributed by atoms with van der Waals surface area (Å²) >= 11 is 0. The van der Waals surface area contributed by atoms with E-state index in [9.17, 15) is 9.59 Å². The van der Waals surface area contributed by atoms with Crippen LogP contribution in [0.2, 0.25) is 0 Å². The Labute approximate surface area is 308 Å². The first-order chi connectivity index (χ1) is 25.1. The van der Waals surface area contributed by atoms with Crippen LogP contribution in [0, 0.1) is 0 Å². The quantitative estimate of drug-likeness (QED) is 0.0249. The maximum Gasteiger partial charge on any atom is 0.336 e. The summed E-state index contributed by atoms with van der Waals surface area (Å²) in [5.41, 5.74) is 2.32. The summed E-state index contributed by atoms with van der Waals surface area (Å²) in [6.45, 7) is 5.96. The number of rotatable bonds is 28. The molecule has 0 radical (unpaired) electrons. The van der Waals surface area contributed by atoms with Crippen molar-refractivity contribution >= 4 is 23.9 Å². The van der Waals surface area contributed by atoms with E-state index >= 15 is 0 Å². The monoisotopic (exact) mass is 694 g/mol. The van der Waals surface area contributed by atoms with Crippen LogP contribution in [-0.4, -0.2) is 25.0 Å². The molecule has 0 spiro atoms. The lowest BCUT2D eigenvalue weighted by atomic mass is 10.1. The maximum atomic E-state index is 12.7. The number of unbranched alkanes of at least 4 members (excludes halogenated alkanes) is 16. The SMILES string of the molecule is CCCCCCCCCCCCOc1ccc(/C=C/C(=O)Oc2ccc(C(=O)/C=C/c3ccc(OCCCCCCCCCC)cc3)cc2)cc1. The van der Waals surface area contributed by atoms with Crippen LogP contribution in [0.4, 0.5) is 0 Å². The van der Waals surface area contributed by atoms with Crippen molar-refractivity contribution in [3.63, 3.8) is 0 Å². The Hall–Kier alpha value is -4.12. The number of carbonyl (C=O) groups is 2. The Kier molecular flexibility index (Phi) is 21.6. The highest BCUT2D eigenvalue weighted by atomic mass is 16.5. The second-order valence-corrected chi connectivity index (χ2v) is 13.5. The molecule has 51 heavy (non-hydrogen) atoms. The van der Waals surface area contributed by atoms with Crippen LogP contribution in [0.15, 0.2) is 84.9 Å². The smallest absolute Gasteiger partial charge is 0.336 e. The van der Waals surface area contributed by atoms with Gasteiger partial charge in [-0.25, -0.2) is 4.79 Å². The summed E-state index contributed by atoms with van der Waals surface area (Å²) in [6, 6.07) is 22.1. The van der Waals surface area contributed by atoms with E-state index in [0.29, 0.717) is 11.3 Å². The van der Waals surface area contributed by atoms with E-state index in [-0.39, 0.29) is 5.78 Å². The average molecular weight is 695 g/mol. The number of hydrogen-bond acceptors (Lipinski definition) is 5. The topological polar surface area (TPSA) is 61.8 Å². The molecule has 3 aromatic carbocycles. The Morgan fingerprint density at radius 3 is 1.25 bits per heavy atom. The lowest BCUT2D eigenvalue weighted by molar-refractivity contribution is -0.128. The maximum absolute atomic E-state index is 12.7. The van der Waals surface area contributed by atoms with Gasteiger partial charge in [-0.05, 0) is 84.7 Å². The van der Waals surface area contributed by atoms with Crippen LogP contribution in [0.25, 0.3) is 12.2 Å². The zero-order valence-corrected chi connectivity index (χ0v) is 31.4. The molecule has 0 saturated heterocycles. The van der Waals surface area contributed by atoms with E-state index in [1.165, 1.54) is 109 Å². The first kappa shape index (κ1) is 41.3. The summed E-state index contributed by atoms with van der Waals surface area (Å²) < 4.78 is 17.2. The molecule has 0 aromatic heterocycles. The highest BCUT2D eigenvalue weighted by Gasteiger charge is 2.05. The largest absolute Gasteiger partial charge is 0.494 e. The van der Waals surface area contributed by atoms with Crippen molar-refractivity contribution in [1.82, 2.24) is 0 Å². The molecule has 0 atom stereocenters. The molecule has 0 saturated carbocycles. The molecule has 5 heteroatoms. The Morgan fingerprint density at radius 1 is 0.451 bits per heavy atom. The van der Waals surface area contributed by atoms with Crippen LogP contribution in [0.5, 0.6) is 17.2 Å². The fourth-order valence-corrected chi connectivity index (χ4v) is 5.83. The molecular formula is C46H62O5. The highest BCUT2D eigenvalue weighted by Crippen LogP contribution is 2.18. The van der Waals surface area contributed by atoms with Crippen molar-refractivity contribution in [2.75, 3.05) is 13.2 Å². The second kappa shape index (κ2) is 26.7. The zero-order valence-electron chi connectivity index (χ0n) is 31.4. The minimum absolute atomic E-state index is 0.126. The molecule has 276 valence electrons. The van der Waals surface area contributed by atoms with Crippen molar-refractivity contribution in [2.24, 2.45) is 0 Å². The Balaban J connectivity index is 1.29. The van der Waals surface area contributed by atoms with Gasteiger partial charge in [-0.1, -0.05) is 147 Å². The predicted octanol–water partition coefficient (Wildman–Crippen LogP) is 13.0. The van der Waals surface area contributed by atoms with Crippen molar-refractivity contribution in [2.45, 2.75) is 129 Å². The van der Waals surface area contributed by atoms with Gasteiger partial charge in [0, 0.05) is 11.6 Å². The minimum Gasteiger partial charge on any atom is -0.494 e. The van der Waals surface area contributed by atoms with Gasteiger partial charge in [0.25, 0.3) is 0 Å². The summed E-state index contributed by atoms with van der Waals surface area (Å²) in [4.78, 5) is 25.1. The molecule has 5 nitrogen and oxygen atoms in total. The molecule has 0 N–H and O–H groups in total. The molecule has 0 aliphatic carbocycles. The number of ether oxygens (including phenoxy) is 3. The van der Waals surface area contributed by atoms with Gasteiger partial charge in [0.15, 0.2) is 5.78 Å².